The second kappa shape index (κ2) is 9.11. The Balaban J connectivity index is 2.67. The summed E-state index contributed by atoms with van der Waals surface area (Å²) < 4.78 is 0. The Labute approximate surface area is 119 Å². The fourth-order valence-electron chi connectivity index (χ4n) is 2.26. The Morgan fingerprint density at radius 3 is 2.37 bits per heavy atom. The van der Waals surface area contributed by atoms with Crippen LogP contribution in [0.25, 0.3) is 0 Å². The Bertz CT molecular complexity index is 349. The first kappa shape index (κ1) is 16.2. The average Bonchev–Trinajstić information content (AvgIpc) is 2.45. The van der Waals surface area contributed by atoms with Crippen molar-refractivity contribution in [2.45, 2.75) is 47.2 Å². The van der Waals surface area contributed by atoms with Crippen molar-refractivity contribution in [3.05, 3.63) is 35.4 Å². The van der Waals surface area contributed by atoms with Gasteiger partial charge in [0.1, 0.15) is 0 Å². The molecule has 0 bridgehead atoms. The number of nitrogens with zero attached hydrogens (tertiary/aromatic N) is 1. The third kappa shape index (κ3) is 5.75. The van der Waals surface area contributed by atoms with E-state index in [1.807, 2.05) is 0 Å². The molecule has 1 N–H and O–H groups in total. The molecule has 0 spiro atoms. The second-order valence-corrected chi connectivity index (χ2v) is 5.39. The number of hydrogen-bond donors (Lipinski definition) is 1. The van der Waals surface area contributed by atoms with Gasteiger partial charge in [0.25, 0.3) is 0 Å². The summed E-state index contributed by atoms with van der Waals surface area (Å²) in [6.07, 6.45) is 1.26. The second-order valence-electron chi connectivity index (χ2n) is 5.39. The average molecular weight is 262 g/mol. The van der Waals surface area contributed by atoms with Gasteiger partial charge in [-0.05, 0) is 30.1 Å². The molecule has 108 valence electrons. The molecule has 1 aromatic carbocycles. The normalized spacial score (nSPS) is 12.9. The van der Waals surface area contributed by atoms with E-state index >= 15 is 0 Å². The van der Waals surface area contributed by atoms with Crippen LogP contribution in [0, 0.1) is 5.92 Å². The van der Waals surface area contributed by atoms with Gasteiger partial charge in [0.2, 0.25) is 0 Å². The molecule has 1 atom stereocenters. The van der Waals surface area contributed by atoms with Gasteiger partial charge in [-0.15, -0.1) is 0 Å². The van der Waals surface area contributed by atoms with Crippen molar-refractivity contribution >= 4 is 0 Å². The van der Waals surface area contributed by atoms with Crippen molar-refractivity contribution in [2.75, 3.05) is 19.6 Å². The Morgan fingerprint density at radius 2 is 1.79 bits per heavy atom. The van der Waals surface area contributed by atoms with Gasteiger partial charge in [0.05, 0.1) is 0 Å². The van der Waals surface area contributed by atoms with Crippen LogP contribution in [0.2, 0.25) is 0 Å². The van der Waals surface area contributed by atoms with Crippen LogP contribution in [0.5, 0.6) is 0 Å². The highest BCUT2D eigenvalue weighted by atomic mass is 15.1. The van der Waals surface area contributed by atoms with Gasteiger partial charge in [-0.1, -0.05) is 58.4 Å². The van der Waals surface area contributed by atoms with Crippen molar-refractivity contribution in [2.24, 2.45) is 5.92 Å². The zero-order valence-corrected chi connectivity index (χ0v) is 13.1. The zero-order chi connectivity index (χ0) is 14.1. The molecule has 1 aromatic rings. The molecule has 1 rings (SSSR count). The molecule has 0 aliphatic heterocycles. The predicted molar refractivity (Wildman–Crippen MR) is 84.2 cm³/mol. The predicted octanol–water partition coefficient (Wildman–Crippen LogP) is 3.66. The van der Waals surface area contributed by atoms with Crippen molar-refractivity contribution in [1.29, 1.82) is 0 Å². The molecule has 0 aliphatic carbocycles. The minimum atomic E-state index is 0.779. The molecule has 0 amide bonds. The number of rotatable bonds is 9. The van der Waals surface area contributed by atoms with Crippen molar-refractivity contribution in [3.8, 4) is 0 Å². The summed E-state index contributed by atoms with van der Waals surface area (Å²) in [4.78, 5) is 2.55. The topological polar surface area (TPSA) is 15.3 Å². The largest absolute Gasteiger partial charge is 0.313 e. The van der Waals surface area contributed by atoms with E-state index in [0.29, 0.717) is 0 Å². The van der Waals surface area contributed by atoms with E-state index in [1.54, 1.807) is 0 Å². The van der Waals surface area contributed by atoms with Crippen LogP contribution in [0.3, 0.4) is 0 Å². The molecule has 19 heavy (non-hydrogen) atoms. The molecule has 1 unspecified atom stereocenters. The van der Waals surface area contributed by atoms with Crippen LogP contribution >= 0.6 is 0 Å². The smallest absolute Gasteiger partial charge is 0.0236 e. The van der Waals surface area contributed by atoms with Crippen LogP contribution in [0.4, 0.5) is 0 Å². The maximum atomic E-state index is 3.43. The first-order chi connectivity index (χ1) is 9.21. The summed E-state index contributed by atoms with van der Waals surface area (Å²) in [5.41, 5.74) is 2.90. The fourth-order valence-corrected chi connectivity index (χ4v) is 2.26. The SMILES string of the molecule is CCNCc1ccccc1CN(CC)CC(C)CC. The van der Waals surface area contributed by atoms with E-state index in [-0.39, 0.29) is 0 Å². The standard InChI is InChI=1S/C17H30N2/c1-5-15(4)13-19(7-3)14-17-11-9-8-10-16(17)12-18-6-2/h8-11,15,18H,5-7,12-14H2,1-4H3. The van der Waals surface area contributed by atoms with Crippen molar-refractivity contribution in [3.63, 3.8) is 0 Å². The first-order valence-corrected chi connectivity index (χ1v) is 7.71. The minimum Gasteiger partial charge on any atom is -0.313 e. The molecule has 2 heteroatoms. The van der Waals surface area contributed by atoms with E-state index in [9.17, 15) is 0 Å². The first-order valence-electron chi connectivity index (χ1n) is 7.71. The maximum absolute atomic E-state index is 3.43. The third-order valence-electron chi connectivity index (χ3n) is 3.79. The summed E-state index contributed by atoms with van der Waals surface area (Å²) in [5, 5.41) is 3.43. The van der Waals surface area contributed by atoms with Crippen LogP contribution in [0.1, 0.15) is 45.2 Å². The molecule has 0 heterocycles. The van der Waals surface area contributed by atoms with Crippen molar-refractivity contribution in [1.82, 2.24) is 10.2 Å². The summed E-state index contributed by atoms with van der Waals surface area (Å²) in [6.45, 7) is 14.4. The van der Waals surface area contributed by atoms with Gasteiger partial charge in [-0.2, -0.15) is 0 Å². The number of hydrogen-bond acceptors (Lipinski definition) is 2. The van der Waals surface area contributed by atoms with Gasteiger partial charge in [-0.25, -0.2) is 0 Å². The summed E-state index contributed by atoms with van der Waals surface area (Å²) >= 11 is 0. The highest BCUT2D eigenvalue weighted by molar-refractivity contribution is 5.27. The number of benzene rings is 1. The lowest BCUT2D eigenvalue weighted by Crippen LogP contribution is -2.28. The molecule has 0 radical (unpaired) electrons. The van der Waals surface area contributed by atoms with Gasteiger partial charge in [-0.3, -0.25) is 4.90 Å². The quantitative estimate of drug-likeness (QED) is 0.730. The Morgan fingerprint density at radius 1 is 1.11 bits per heavy atom. The highest BCUT2D eigenvalue weighted by Crippen LogP contribution is 2.13. The van der Waals surface area contributed by atoms with Crippen molar-refractivity contribution < 1.29 is 0 Å². The highest BCUT2D eigenvalue weighted by Gasteiger charge is 2.10. The van der Waals surface area contributed by atoms with Crippen LogP contribution in [0.15, 0.2) is 24.3 Å². The van der Waals surface area contributed by atoms with Gasteiger partial charge >= 0.3 is 0 Å². The summed E-state index contributed by atoms with van der Waals surface area (Å²) in [7, 11) is 0. The molecular weight excluding hydrogens is 232 g/mol. The van der Waals surface area contributed by atoms with Gasteiger partial charge in [0.15, 0.2) is 0 Å². The monoisotopic (exact) mass is 262 g/mol. The number of nitrogens with one attached hydrogen (secondary N) is 1. The van der Waals surface area contributed by atoms with E-state index in [4.69, 9.17) is 0 Å². The maximum Gasteiger partial charge on any atom is 0.0236 e. The lowest BCUT2D eigenvalue weighted by molar-refractivity contribution is 0.237. The molecule has 0 aromatic heterocycles. The molecule has 0 saturated carbocycles. The van der Waals surface area contributed by atoms with E-state index in [2.05, 4.69) is 62.2 Å². The van der Waals surface area contributed by atoms with Crippen LogP contribution < -0.4 is 5.32 Å². The minimum absolute atomic E-state index is 0.779. The lowest BCUT2D eigenvalue weighted by atomic mass is 10.0. The Hall–Kier alpha value is -0.860. The van der Waals surface area contributed by atoms with Gasteiger partial charge < -0.3 is 5.32 Å². The third-order valence-corrected chi connectivity index (χ3v) is 3.79. The lowest BCUT2D eigenvalue weighted by Gasteiger charge is -2.25. The van der Waals surface area contributed by atoms with E-state index in [0.717, 1.165) is 32.1 Å². The van der Waals surface area contributed by atoms with E-state index < -0.39 is 0 Å². The van der Waals surface area contributed by atoms with Crippen LogP contribution in [-0.4, -0.2) is 24.5 Å². The van der Waals surface area contributed by atoms with Crippen LogP contribution in [-0.2, 0) is 13.1 Å². The fraction of sp³-hybridized carbons (Fsp3) is 0.647. The summed E-state index contributed by atoms with van der Waals surface area (Å²) in [5.74, 6) is 0.779. The summed E-state index contributed by atoms with van der Waals surface area (Å²) in [6, 6.07) is 8.81. The molecule has 0 saturated heterocycles. The molecule has 0 aliphatic rings. The Kier molecular flexibility index (Phi) is 7.76. The molecular formula is C17H30N2. The molecule has 2 nitrogen and oxygen atoms in total. The van der Waals surface area contributed by atoms with Gasteiger partial charge in [0, 0.05) is 19.6 Å². The van der Waals surface area contributed by atoms with E-state index in [1.165, 1.54) is 24.1 Å². The molecule has 0 fully saturated rings. The zero-order valence-electron chi connectivity index (χ0n) is 13.1.